The highest BCUT2D eigenvalue weighted by Gasteiger charge is 2.28. The zero-order valence-corrected chi connectivity index (χ0v) is 14.7. The Balaban J connectivity index is 1.31. The zero-order chi connectivity index (χ0) is 17.9. The van der Waals surface area contributed by atoms with E-state index in [1.165, 1.54) is 0 Å². The van der Waals surface area contributed by atoms with Crippen LogP contribution in [0.5, 0.6) is 0 Å². The Morgan fingerprint density at radius 1 is 1.31 bits per heavy atom. The molecule has 132 valence electrons. The van der Waals surface area contributed by atoms with Crippen molar-refractivity contribution in [2.45, 2.75) is 18.9 Å². The van der Waals surface area contributed by atoms with E-state index in [9.17, 15) is 4.79 Å². The fourth-order valence-corrected chi connectivity index (χ4v) is 3.20. The monoisotopic (exact) mass is 368 g/mol. The molecule has 0 saturated heterocycles. The van der Waals surface area contributed by atoms with Crippen LogP contribution in [-0.2, 0) is 16.1 Å². The van der Waals surface area contributed by atoms with E-state index >= 15 is 0 Å². The molecule has 2 aromatic heterocycles. The summed E-state index contributed by atoms with van der Waals surface area (Å²) in [6.45, 7) is 0.517. The number of H-pyrrole nitrogens is 1. The second-order valence-electron chi connectivity index (χ2n) is 6.12. The van der Waals surface area contributed by atoms with Gasteiger partial charge in [-0.15, -0.1) is 0 Å². The number of aromatic amines is 1. The number of oxime groups is 1. The zero-order valence-electron chi connectivity index (χ0n) is 13.9. The average molecular weight is 369 g/mol. The van der Waals surface area contributed by atoms with Gasteiger partial charge < -0.3 is 15.1 Å². The van der Waals surface area contributed by atoms with Crippen molar-refractivity contribution in [1.82, 2.24) is 15.3 Å². The van der Waals surface area contributed by atoms with Gasteiger partial charge in [-0.1, -0.05) is 16.8 Å². The summed E-state index contributed by atoms with van der Waals surface area (Å²) in [7, 11) is 0. The van der Waals surface area contributed by atoms with Gasteiger partial charge in [-0.2, -0.15) is 0 Å². The van der Waals surface area contributed by atoms with Gasteiger partial charge >= 0.3 is 0 Å². The van der Waals surface area contributed by atoms with Crippen LogP contribution in [0.2, 0.25) is 5.02 Å². The van der Waals surface area contributed by atoms with E-state index in [1.807, 2.05) is 36.5 Å². The number of pyridine rings is 1. The Morgan fingerprint density at radius 3 is 3.00 bits per heavy atom. The van der Waals surface area contributed by atoms with Gasteiger partial charge in [-0.25, -0.2) is 0 Å². The molecule has 0 bridgehead atoms. The fraction of sp³-hybridized carbons (Fsp3) is 0.211. The number of rotatable bonds is 5. The molecule has 0 spiro atoms. The van der Waals surface area contributed by atoms with E-state index < -0.39 is 6.10 Å². The van der Waals surface area contributed by atoms with Crippen LogP contribution < -0.4 is 5.32 Å². The first-order valence-electron chi connectivity index (χ1n) is 8.37. The van der Waals surface area contributed by atoms with Crippen molar-refractivity contribution in [3.8, 4) is 0 Å². The lowest BCUT2D eigenvalue weighted by molar-refractivity contribution is -0.131. The van der Waals surface area contributed by atoms with Crippen LogP contribution >= 0.6 is 11.6 Å². The third kappa shape index (κ3) is 3.41. The first-order valence-corrected chi connectivity index (χ1v) is 8.75. The number of nitrogens with one attached hydrogen (secondary N) is 2. The largest absolute Gasteiger partial charge is 0.382 e. The van der Waals surface area contributed by atoms with Crippen LogP contribution in [0.3, 0.4) is 0 Å². The molecule has 26 heavy (non-hydrogen) atoms. The number of aromatic nitrogens is 2. The smallest absolute Gasteiger partial charge is 0.264 e. The maximum atomic E-state index is 12.3. The Bertz CT molecular complexity index is 968. The van der Waals surface area contributed by atoms with Crippen LogP contribution in [0.25, 0.3) is 10.9 Å². The molecule has 1 aromatic carbocycles. The highest BCUT2D eigenvalue weighted by molar-refractivity contribution is 6.31. The number of amides is 1. The quantitative estimate of drug-likeness (QED) is 0.726. The number of carbonyl (C=O) groups is 1. The summed E-state index contributed by atoms with van der Waals surface area (Å²) in [5.74, 6) is -0.157. The molecule has 0 aliphatic carbocycles. The molecular formula is C19H17ClN4O2. The molecular weight excluding hydrogens is 352 g/mol. The molecule has 3 aromatic rings. The standard InChI is InChI=1S/C19H17ClN4O2/c20-14-1-2-16-15(9-14)13(11-23-16)5-8-22-19(25)18-10-17(24-26-18)12-3-6-21-7-4-12/h1-4,6-7,9,11,18,23H,5,8,10H2,(H,22,25)/t18-/m1/s1. The minimum Gasteiger partial charge on any atom is -0.382 e. The molecule has 2 N–H and O–H groups in total. The summed E-state index contributed by atoms with van der Waals surface area (Å²) >= 11 is 6.07. The van der Waals surface area contributed by atoms with E-state index in [0.29, 0.717) is 24.4 Å². The summed E-state index contributed by atoms with van der Waals surface area (Å²) in [5.41, 5.74) is 3.83. The predicted octanol–water partition coefficient (Wildman–Crippen LogP) is 3.07. The molecule has 0 radical (unpaired) electrons. The molecule has 1 aliphatic rings. The van der Waals surface area contributed by atoms with Gasteiger partial charge in [0.15, 0.2) is 0 Å². The Hall–Kier alpha value is -2.86. The number of benzene rings is 1. The molecule has 0 saturated carbocycles. The van der Waals surface area contributed by atoms with Crippen molar-refractivity contribution in [1.29, 1.82) is 0 Å². The summed E-state index contributed by atoms with van der Waals surface area (Å²) < 4.78 is 0. The van der Waals surface area contributed by atoms with Gasteiger partial charge in [-0.3, -0.25) is 9.78 Å². The number of carbonyl (C=O) groups excluding carboxylic acids is 1. The maximum Gasteiger partial charge on any atom is 0.264 e. The first kappa shape index (κ1) is 16.6. The van der Waals surface area contributed by atoms with Crippen molar-refractivity contribution in [2.75, 3.05) is 6.54 Å². The van der Waals surface area contributed by atoms with Crippen molar-refractivity contribution >= 4 is 34.1 Å². The van der Waals surface area contributed by atoms with E-state index in [2.05, 4.69) is 20.4 Å². The van der Waals surface area contributed by atoms with Crippen molar-refractivity contribution in [3.05, 3.63) is 65.1 Å². The molecule has 4 rings (SSSR count). The number of fused-ring (bicyclic) bond motifs is 1. The molecule has 7 heteroatoms. The Morgan fingerprint density at radius 2 is 2.15 bits per heavy atom. The highest BCUT2D eigenvalue weighted by Crippen LogP contribution is 2.22. The fourth-order valence-electron chi connectivity index (χ4n) is 3.02. The predicted molar refractivity (Wildman–Crippen MR) is 100 cm³/mol. The van der Waals surface area contributed by atoms with Crippen LogP contribution in [-0.4, -0.2) is 34.2 Å². The van der Waals surface area contributed by atoms with E-state index in [1.54, 1.807) is 12.4 Å². The topological polar surface area (TPSA) is 79.4 Å². The summed E-state index contributed by atoms with van der Waals surface area (Å²) in [4.78, 5) is 24.8. The van der Waals surface area contributed by atoms with Gasteiger partial charge in [0.05, 0.1) is 5.71 Å². The third-order valence-electron chi connectivity index (χ3n) is 4.40. The maximum absolute atomic E-state index is 12.3. The lowest BCUT2D eigenvalue weighted by Crippen LogP contribution is -2.35. The summed E-state index contributed by atoms with van der Waals surface area (Å²) in [5, 5.41) is 8.72. The molecule has 0 unspecified atom stereocenters. The minimum absolute atomic E-state index is 0.157. The Kier molecular flexibility index (Phi) is 4.58. The van der Waals surface area contributed by atoms with Gasteiger partial charge in [0.25, 0.3) is 5.91 Å². The molecule has 1 amide bonds. The van der Waals surface area contributed by atoms with Gasteiger partial charge in [0.2, 0.25) is 6.10 Å². The van der Waals surface area contributed by atoms with Crippen LogP contribution in [0.15, 0.2) is 54.1 Å². The number of halogens is 1. The van der Waals surface area contributed by atoms with Crippen molar-refractivity contribution in [3.63, 3.8) is 0 Å². The van der Waals surface area contributed by atoms with Gasteiger partial charge in [0, 0.05) is 53.0 Å². The van der Waals surface area contributed by atoms with E-state index in [-0.39, 0.29) is 5.91 Å². The lowest BCUT2D eigenvalue weighted by atomic mass is 10.1. The van der Waals surface area contributed by atoms with Crippen LogP contribution in [0.1, 0.15) is 17.5 Å². The normalized spacial score (nSPS) is 16.3. The van der Waals surface area contributed by atoms with Crippen molar-refractivity contribution in [2.24, 2.45) is 5.16 Å². The number of hydrogen-bond donors (Lipinski definition) is 2. The molecule has 1 atom stereocenters. The third-order valence-corrected chi connectivity index (χ3v) is 4.63. The second kappa shape index (κ2) is 7.17. The molecule has 1 aliphatic heterocycles. The average Bonchev–Trinajstić information content (AvgIpc) is 3.30. The number of nitrogens with zero attached hydrogens (tertiary/aromatic N) is 2. The van der Waals surface area contributed by atoms with Crippen LogP contribution in [0.4, 0.5) is 0 Å². The van der Waals surface area contributed by atoms with Gasteiger partial charge in [-0.05, 0) is 42.3 Å². The van der Waals surface area contributed by atoms with E-state index in [4.69, 9.17) is 16.4 Å². The van der Waals surface area contributed by atoms with Gasteiger partial charge in [0.1, 0.15) is 0 Å². The second-order valence-corrected chi connectivity index (χ2v) is 6.55. The van der Waals surface area contributed by atoms with Crippen molar-refractivity contribution < 1.29 is 9.63 Å². The molecule has 0 fully saturated rings. The Labute approximate surface area is 155 Å². The SMILES string of the molecule is O=C(NCCc1c[nH]c2ccc(Cl)cc12)[C@H]1CC(c2ccncc2)=NO1. The summed E-state index contributed by atoms with van der Waals surface area (Å²) in [6, 6.07) is 9.43. The van der Waals surface area contributed by atoms with Crippen LogP contribution in [0, 0.1) is 0 Å². The van der Waals surface area contributed by atoms with E-state index in [0.717, 1.165) is 27.7 Å². The molecule has 3 heterocycles. The minimum atomic E-state index is -0.587. The first-order chi connectivity index (χ1) is 12.7. The molecule has 6 nitrogen and oxygen atoms in total. The summed E-state index contributed by atoms with van der Waals surface area (Å²) in [6.07, 6.45) is 5.91. The lowest BCUT2D eigenvalue weighted by Gasteiger charge is -2.09. The highest BCUT2D eigenvalue weighted by atomic mass is 35.5. The number of hydrogen-bond acceptors (Lipinski definition) is 4.